The van der Waals surface area contributed by atoms with E-state index in [4.69, 9.17) is 16.3 Å². The molecule has 0 radical (unpaired) electrons. The monoisotopic (exact) mass is 464 g/mol. The molecular formula is C22H25ClN2O5S. The normalized spacial score (nSPS) is 14.9. The fraction of sp³-hybridized carbons (Fsp3) is 0.364. The summed E-state index contributed by atoms with van der Waals surface area (Å²) in [6.07, 6.45) is 0.972. The number of methoxy groups -OCH3 is 1. The van der Waals surface area contributed by atoms with Gasteiger partial charge in [-0.15, -0.1) is 0 Å². The second-order valence-electron chi connectivity index (χ2n) is 7.43. The summed E-state index contributed by atoms with van der Waals surface area (Å²) in [5.74, 6) is -0.856. The number of aryl methyl sites for hydroxylation is 1. The molecule has 1 amide bonds. The molecule has 1 aliphatic heterocycles. The van der Waals surface area contributed by atoms with Gasteiger partial charge in [0.25, 0.3) is 10.0 Å². The molecule has 31 heavy (non-hydrogen) atoms. The third-order valence-corrected chi connectivity index (χ3v) is 7.44. The summed E-state index contributed by atoms with van der Waals surface area (Å²) in [4.78, 5) is 26.5. The first kappa shape index (κ1) is 23.1. The maximum absolute atomic E-state index is 13.4. The average Bonchev–Trinajstić information content (AvgIpc) is 2.79. The number of ether oxygens (including phenoxy) is 1. The molecule has 9 heteroatoms. The molecule has 1 saturated heterocycles. The Kier molecular flexibility index (Phi) is 7.23. The van der Waals surface area contributed by atoms with Gasteiger partial charge in [0.1, 0.15) is 6.54 Å². The number of anilines is 1. The molecule has 2 aromatic rings. The second kappa shape index (κ2) is 9.70. The molecule has 0 N–H and O–H groups in total. The van der Waals surface area contributed by atoms with E-state index in [1.165, 1.54) is 19.2 Å². The maximum atomic E-state index is 13.4. The number of halogens is 1. The first-order valence-corrected chi connectivity index (χ1v) is 11.8. The van der Waals surface area contributed by atoms with Crippen LogP contribution in [0.15, 0.2) is 53.4 Å². The van der Waals surface area contributed by atoms with Gasteiger partial charge in [0, 0.05) is 18.1 Å². The number of amides is 1. The lowest BCUT2D eigenvalue weighted by Crippen LogP contribution is -2.46. The summed E-state index contributed by atoms with van der Waals surface area (Å²) in [5, 5.41) is 0.375. The molecule has 1 heterocycles. The summed E-state index contributed by atoms with van der Waals surface area (Å²) < 4.78 is 32.8. The lowest BCUT2D eigenvalue weighted by Gasteiger charge is -2.33. The summed E-state index contributed by atoms with van der Waals surface area (Å²) in [7, 11) is -2.66. The van der Waals surface area contributed by atoms with Gasteiger partial charge in [0.05, 0.1) is 23.6 Å². The Balaban J connectivity index is 1.89. The quantitative estimate of drug-likeness (QED) is 0.613. The first-order valence-electron chi connectivity index (χ1n) is 9.93. The van der Waals surface area contributed by atoms with Crippen molar-refractivity contribution in [1.29, 1.82) is 0 Å². The van der Waals surface area contributed by atoms with Crippen molar-refractivity contribution >= 4 is 39.2 Å². The molecule has 2 aromatic carbocycles. The summed E-state index contributed by atoms with van der Waals surface area (Å²) in [6.45, 7) is 2.14. The van der Waals surface area contributed by atoms with Crippen molar-refractivity contribution in [2.45, 2.75) is 24.7 Å². The molecule has 0 aromatic heterocycles. The van der Waals surface area contributed by atoms with E-state index in [-0.39, 0.29) is 29.2 Å². The number of benzene rings is 2. The highest BCUT2D eigenvalue weighted by molar-refractivity contribution is 7.92. The highest BCUT2D eigenvalue weighted by atomic mass is 35.5. The number of hydrogen-bond acceptors (Lipinski definition) is 5. The van der Waals surface area contributed by atoms with Gasteiger partial charge in [0.2, 0.25) is 5.91 Å². The van der Waals surface area contributed by atoms with Crippen LogP contribution in [0, 0.1) is 12.8 Å². The zero-order valence-corrected chi connectivity index (χ0v) is 19.0. The fourth-order valence-electron chi connectivity index (χ4n) is 3.62. The molecule has 0 unspecified atom stereocenters. The number of nitrogens with zero attached hydrogens (tertiary/aromatic N) is 2. The predicted molar refractivity (Wildman–Crippen MR) is 118 cm³/mol. The van der Waals surface area contributed by atoms with Crippen molar-refractivity contribution in [2.24, 2.45) is 5.92 Å². The van der Waals surface area contributed by atoms with Gasteiger partial charge in [0.15, 0.2) is 0 Å². The Hall–Kier alpha value is -2.58. The largest absolute Gasteiger partial charge is 0.469 e. The van der Waals surface area contributed by atoms with Gasteiger partial charge in [-0.25, -0.2) is 8.42 Å². The van der Waals surface area contributed by atoms with Crippen molar-refractivity contribution in [2.75, 3.05) is 31.0 Å². The Morgan fingerprint density at radius 1 is 1.13 bits per heavy atom. The van der Waals surface area contributed by atoms with Crippen LogP contribution in [0.25, 0.3) is 0 Å². The topological polar surface area (TPSA) is 84.0 Å². The molecule has 3 rings (SSSR count). The minimum atomic E-state index is -4.00. The Morgan fingerprint density at radius 3 is 2.39 bits per heavy atom. The van der Waals surface area contributed by atoms with Crippen LogP contribution in [0.4, 0.5) is 5.69 Å². The van der Waals surface area contributed by atoms with Gasteiger partial charge in [-0.2, -0.15) is 0 Å². The average molecular weight is 465 g/mol. The van der Waals surface area contributed by atoms with Crippen molar-refractivity contribution in [3.8, 4) is 0 Å². The minimum Gasteiger partial charge on any atom is -0.469 e. The number of hydrogen-bond donors (Lipinski definition) is 0. The van der Waals surface area contributed by atoms with Crippen LogP contribution in [0.1, 0.15) is 18.4 Å². The van der Waals surface area contributed by atoms with Gasteiger partial charge in [-0.05, 0) is 49.6 Å². The maximum Gasteiger partial charge on any atom is 0.308 e. The Morgan fingerprint density at radius 2 is 1.77 bits per heavy atom. The number of esters is 1. The van der Waals surface area contributed by atoms with Crippen molar-refractivity contribution in [3.63, 3.8) is 0 Å². The van der Waals surface area contributed by atoms with Crippen molar-refractivity contribution in [3.05, 3.63) is 59.1 Å². The number of carbonyl (C=O) groups excluding carboxylic acids is 2. The van der Waals surface area contributed by atoms with Crippen LogP contribution in [-0.2, 0) is 24.3 Å². The molecule has 1 aliphatic rings. The van der Waals surface area contributed by atoms with E-state index in [1.807, 2.05) is 0 Å². The first-order chi connectivity index (χ1) is 14.7. The van der Waals surface area contributed by atoms with Crippen LogP contribution in [0.3, 0.4) is 0 Å². The number of sulfonamides is 1. The molecule has 0 saturated carbocycles. The van der Waals surface area contributed by atoms with E-state index in [9.17, 15) is 18.0 Å². The smallest absolute Gasteiger partial charge is 0.308 e. The standard InChI is InChI=1S/C22H25ClN2O5S/c1-16-8-9-18(23)14-20(16)25(31(28,29)19-6-4-3-5-7-19)15-21(26)24-12-10-17(11-13-24)22(27)30-2/h3-9,14,17H,10-13,15H2,1-2H3. The van der Waals surface area contributed by atoms with Crippen LogP contribution in [-0.4, -0.2) is 51.9 Å². The minimum absolute atomic E-state index is 0.0894. The molecule has 0 bridgehead atoms. The number of piperidine rings is 1. The summed E-state index contributed by atoms with van der Waals surface area (Å²) in [6, 6.07) is 12.9. The number of likely N-dealkylation sites (tertiary alicyclic amines) is 1. The van der Waals surface area contributed by atoms with Crippen LogP contribution >= 0.6 is 11.6 Å². The van der Waals surface area contributed by atoms with E-state index < -0.39 is 10.0 Å². The molecule has 166 valence electrons. The zero-order chi connectivity index (χ0) is 22.6. The highest BCUT2D eigenvalue weighted by Gasteiger charge is 2.32. The van der Waals surface area contributed by atoms with Gasteiger partial charge in [-0.3, -0.25) is 13.9 Å². The lowest BCUT2D eigenvalue weighted by atomic mass is 9.97. The third kappa shape index (κ3) is 5.19. The van der Waals surface area contributed by atoms with E-state index in [1.54, 1.807) is 48.2 Å². The number of carbonyl (C=O) groups is 2. The summed E-state index contributed by atoms with van der Waals surface area (Å²) >= 11 is 6.14. The number of rotatable bonds is 6. The van der Waals surface area contributed by atoms with E-state index in [0.29, 0.717) is 42.2 Å². The second-order valence-corrected chi connectivity index (χ2v) is 9.73. The third-order valence-electron chi connectivity index (χ3n) is 5.43. The molecular weight excluding hydrogens is 440 g/mol. The Labute approximate surface area is 187 Å². The van der Waals surface area contributed by atoms with Gasteiger partial charge < -0.3 is 9.64 Å². The van der Waals surface area contributed by atoms with Crippen molar-refractivity contribution < 1.29 is 22.7 Å². The van der Waals surface area contributed by atoms with E-state index in [0.717, 1.165) is 4.31 Å². The molecule has 0 spiro atoms. The predicted octanol–water partition coefficient (Wildman–Crippen LogP) is 3.26. The highest BCUT2D eigenvalue weighted by Crippen LogP contribution is 2.30. The summed E-state index contributed by atoms with van der Waals surface area (Å²) in [5.41, 5.74) is 1.04. The molecule has 1 fully saturated rings. The van der Waals surface area contributed by atoms with E-state index >= 15 is 0 Å². The Bertz CT molecular complexity index is 1050. The van der Waals surface area contributed by atoms with E-state index in [2.05, 4.69) is 0 Å². The lowest BCUT2D eigenvalue weighted by molar-refractivity contribution is -0.148. The van der Waals surface area contributed by atoms with Gasteiger partial charge >= 0.3 is 5.97 Å². The SMILES string of the molecule is COC(=O)C1CCN(C(=O)CN(c2cc(Cl)ccc2C)S(=O)(=O)c2ccccc2)CC1. The fourth-order valence-corrected chi connectivity index (χ4v) is 5.28. The van der Waals surface area contributed by atoms with Crippen LogP contribution in [0.5, 0.6) is 0 Å². The van der Waals surface area contributed by atoms with Crippen LogP contribution in [0.2, 0.25) is 5.02 Å². The molecule has 0 atom stereocenters. The van der Waals surface area contributed by atoms with Crippen molar-refractivity contribution in [1.82, 2.24) is 4.90 Å². The van der Waals surface area contributed by atoms with Gasteiger partial charge in [-0.1, -0.05) is 35.9 Å². The van der Waals surface area contributed by atoms with Crippen LogP contribution < -0.4 is 4.31 Å². The molecule has 7 nitrogen and oxygen atoms in total. The molecule has 0 aliphatic carbocycles. The zero-order valence-electron chi connectivity index (χ0n) is 17.5.